The van der Waals surface area contributed by atoms with Crippen LogP contribution in [0.4, 0.5) is 18.9 Å². The third-order valence-corrected chi connectivity index (χ3v) is 5.05. The number of halogens is 5. The highest BCUT2D eigenvalue weighted by Gasteiger charge is 2.28. The Kier molecular flexibility index (Phi) is 6.91. The van der Waals surface area contributed by atoms with Gasteiger partial charge in [0.15, 0.2) is 12.8 Å². The van der Waals surface area contributed by atoms with Crippen LogP contribution in [0.25, 0.3) is 0 Å². The highest BCUT2D eigenvalue weighted by atomic mass is 79.9. The minimum Gasteiger partial charge on any atom is -0.619 e. The summed E-state index contributed by atoms with van der Waals surface area (Å²) in [6.45, 7) is -1.41. The van der Waals surface area contributed by atoms with E-state index in [1.54, 1.807) is 6.07 Å². The molecule has 11 heteroatoms. The Bertz CT molecular complexity index is 1090. The molecule has 0 unspecified atom stereocenters. The highest BCUT2D eigenvalue weighted by molar-refractivity contribution is 9.10. The maximum Gasteiger partial charge on any atom is 0.422 e. The number of hydrogen-bond donors (Lipinski definition) is 1. The fourth-order valence-electron chi connectivity index (χ4n) is 2.45. The van der Waals surface area contributed by atoms with Gasteiger partial charge in [-0.2, -0.15) is 17.9 Å². The Balaban J connectivity index is 1.82. The molecule has 162 valence electrons. The maximum atomic E-state index is 12.8. The van der Waals surface area contributed by atoms with Crippen molar-refractivity contribution in [2.75, 3.05) is 11.9 Å². The molecule has 0 aliphatic rings. The molecule has 0 fully saturated rings. The molecule has 1 aromatic heterocycles. The summed E-state index contributed by atoms with van der Waals surface area (Å²) in [5.41, 5.74) is 0.241. The summed E-state index contributed by atoms with van der Waals surface area (Å²) in [5.74, 6) is -0.284. The molecule has 3 aromatic rings. The zero-order chi connectivity index (χ0) is 22.6. The fourth-order valence-corrected chi connectivity index (χ4v) is 3.02. The molecule has 2 aromatic carbocycles. The quantitative estimate of drug-likeness (QED) is 0.335. The maximum absolute atomic E-state index is 12.8. The summed E-state index contributed by atoms with van der Waals surface area (Å²) in [6.07, 6.45) is -2.02. The molecular weight excluding hydrogens is 505 g/mol. The first-order valence-corrected chi connectivity index (χ1v) is 9.75. The van der Waals surface area contributed by atoms with E-state index in [-0.39, 0.29) is 33.5 Å². The van der Waals surface area contributed by atoms with E-state index in [9.17, 15) is 23.2 Å². The van der Waals surface area contributed by atoms with E-state index in [1.807, 2.05) is 0 Å². The van der Waals surface area contributed by atoms with Crippen molar-refractivity contribution in [1.82, 2.24) is 0 Å². The predicted molar refractivity (Wildman–Crippen MR) is 111 cm³/mol. The lowest BCUT2D eigenvalue weighted by molar-refractivity contribution is -0.604. The van der Waals surface area contributed by atoms with Crippen LogP contribution in [0.5, 0.6) is 17.2 Å². The van der Waals surface area contributed by atoms with E-state index in [1.165, 1.54) is 54.9 Å². The van der Waals surface area contributed by atoms with Gasteiger partial charge < -0.3 is 20.0 Å². The van der Waals surface area contributed by atoms with Gasteiger partial charge in [0.2, 0.25) is 6.20 Å². The monoisotopic (exact) mass is 516 g/mol. The lowest BCUT2D eigenvalue weighted by Gasteiger charge is -2.14. The number of anilines is 1. The number of benzene rings is 2. The molecule has 31 heavy (non-hydrogen) atoms. The lowest BCUT2D eigenvalue weighted by atomic mass is 10.1. The van der Waals surface area contributed by atoms with Crippen LogP contribution >= 0.6 is 27.5 Å². The number of amides is 1. The van der Waals surface area contributed by atoms with Crippen molar-refractivity contribution in [3.63, 3.8) is 0 Å². The third kappa shape index (κ3) is 6.25. The van der Waals surface area contributed by atoms with E-state index in [4.69, 9.17) is 16.3 Å². The Morgan fingerprint density at radius 2 is 1.81 bits per heavy atom. The number of hydrogen-bond acceptors (Lipinski definition) is 4. The molecule has 0 atom stereocenters. The second-order valence-corrected chi connectivity index (χ2v) is 7.35. The van der Waals surface area contributed by atoms with Gasteiger partial charge in [0, 0.05) is 10.5 Å². The number of alkyl halides is 3. The molecular formula is C20H13BrClF3N2O4. The normalized spacial score (nSPS) is 11.1. The van der Waals surface area contributed by atoms with E-state index < -0.39 is 18.7 Å². The van der Waals surface area contributed by atoms with Crippen LogP contribution in [-0.2, 0) is 0 Å². The van der Waals surface area contributed by atoms with Crippen LogP contribution in [0.1, 0.15) is 10.4 Å². The lowest BCUT2D eigenvalue weighted by Crippen LogP contribution is -2.25. The summed E-state index contributed by atoms with van der Waals surface area (Å²) in [5, 5.41) is 14.0. The predicted octanol–water partition coefficient (Wildman–Crippen LogP) is 5.72. The first kappa shape index (κ1) is 22.7. The number of nitrogens with zero attached hydrogens (tertiary/aromatic N) is 1. The molecule has 0 saturated carbocycles. The van der Waals surface area contributed by atoms with E-state index in [2.05, 4.69) is 26.0 Å². The number of carbonyl (C=O) groups excluding carboxylic acids is 1. The van der Waals surface area contributed by atoms with Crippen molar-refractivity contribution in [1.29, 1.82) is 0 Å². The zero-order valence-electron chi connectivity index (χ0n) is 15.5. The van der Waals surface area contributed by atoms with Crippen LogP contribution < -0.4 is 19.5 Å². The molecule has 0 bridgehead atoms. The third-order valence-electron chi connectivity index (χ3n) is 3.77. The number of rotatable bonds is 6. The summed E-state index contributed by atoms with van der Waals surface area (Å²) in [7, 11) is 0. The van der Waals surface area contributed by atoms with Crippen molar-refractivity contribution < 1.29 is 32.2 Å². The smallest absolute Gasteiger partial charge is 0.422 e. The van der Waals surface area contributed by atoms with Gasteiger partial charge in [-0.15, -0.1) is 0 Å². The number of aromatic nitrogens is 1. The van der Waals surface area contributed by atoms with Crippen LogP contribution in [0, 0.1) is 5.21 Å². The minimum absolute atomic E-state index is 0.00487. The van der Waals surface area contributed by atoms with Gasteiger partial charge in [0.25, 0.3) is 5.91 Å². The average Bonchev–Trinajstić information content (AvgIpc) is 2.70. The van der Waals surface area contributed by atoms with Gasteiger partial charge in [-0.05, 0) is 58.4 Å². The molecule has 0 aliphatic heterocycles. The number of carbonyl (C=O) groups is 1. The fraction of sp³-hybridized carbons (Fsp3) is 0.100. The minimum atomic E-state index is -4.45. The van der Waals surface area contributed by atoms with Crippen LogP contribution in [0.3, 0.4) is 0 Å². The van der Waals surface area contributed by atoms with E-state index in [0.29, 0.717) is 9.20 Å². The molecule has 3 rings (SSSR count). The van der Waals surface area contributed by atoms with Crippen molar-refractivity contribution in [3.8, 4) is 17.2 Å². The Hall–Kier alpha value is -2.98. The van der Waals surface area contributed by atoms with Gasteiger partial charge >= 0.3 is 6.18 Å². The van der Waals surface area contributed by atoms with Gasteiger partial charge in [0.1, 0.15) is 28.5 Å². The molecule has 1 amide bonds. The number of pyridine rings is 1. The van der Waals surface area contributed by atoms with Crippen molar-refractivity contribution in [3.05, 3.63) is 81.2 Å². The SMILES string of the molecule is O=C(Nc1ccc[n+]([O-])c1)c1c(Oc2ccc(OCC(F)(F)F)cc2)ccc(Br)c1Cl. The highest BCUT2D eigenvalue weighted by Crippen LogP contribution is 2.36. The first-order chi connectivity index (χ1) is 14.6. The molecule has 1 N–H and O–H groups in total. The molecule has 0 radical (unpaired) electrons. The number of ether oxygens (including phenoxy) is 2. The van der Waals surface area contributed by atoms with Gasteiger partial charge in [-0.1, -0.05) is 11.6 Å². The van der Waals surface area contributed by atoms with Gasteiger partial charge in [-0.3, -0.25) is 4.79 Å². The van der Waals surface area contributed by atoms with Crippen molar-refractivity contribution in [2.24, 2.45) is 0 Å². The van der Waals surface area contributed by atoms with Gasteiger partial charge in [0.05, 0.1) is 5.02 Å². The summed E-state index contributed by atoms with van der Waals surface area (Å²) in [4.78, 5) is 12.8. The standard InChI is InChI=1S/C20H13BrClF3N2O4/c21-15-7-8-16(31-14-5-3-13(4-6-14)30-11-20(23,24)25)17(18(15)22)19(28)26-12-2-1-9-27(29)10-12/h1-10H,11H2,(H,26,28). The Morgan fingerprint density at radius 3 is 2.45 bits per heavy atom. The first-order valence-electron chi connectivity index (χ1n) is 8.58. The van der Waals surface area contributed by atoms with Crippen LogP contribution in [-0.4, -0.2) is 18.7 Å². The largest absolute Gasteiger partial charge is 0.619 e. The topological polar surface area (TPSA) is 74.5 Å². The molecule has 6 nitrogen and oxygen atoms in total. The van der Waals surface area contributed by atoms with E-state index >= 15 is 0 Å². The summed E-state index contributed by atoms with van der Waals surface area (Å²) >= 11 is 9.53. The van der Waals surface area contributed by atoms with E-state index in [0.717, 1.165) is 0 Å². The Morgan fingerprint density at radius 1 is 1.13 bits per heavy atom. The number of nitrogens with one attached hydrogen (secondary N) is 1. The average molecular weight is 518 g/mol. The van der Waals surface area contributed by atoms with Crippen molar-refractivity contribution >= 4 is 39.1 Å². The molecule has 0 saturated heterocycles. The molecule has 0 aliphatic carbocycles. The molecule has 0 spiro atoms. The molecule has 1 heterocycles. The Labute approximate surface area is 187 Å². The van der Waals surface area contributed by atoms with Gasteiger partial charge in [-0.25, -0.2) is 0 Å². The second-order valence-electron chi connectivity index (χ2n) is 6.12. The summed E-state index contributed by atoms with van der Waals surface area (Å²) < 4.78 is 48.1. The summed E-state index contributed by atoms with van der Waals surface area (Å²) in [6, 6.07) is 11.4. The second kappa shape index (κ2) is 9.44. The van der Waals surface area contributed by atoms with Crippen molar-refractivity contribution in [2.45, 2.75) is 6.18 Å². The van der Waals surface area contributed by atoms with Crippen LogP contribution in [0.15, 0.2) is 65.4 Å². The zero-order valence-corrected chi connectivity index (χ0v) is 17.8. The van der Waals surface area contributed by atoms with Crippen LogP contribution in [0.2, 0.25) is 5.02 Å².